The fourth-order valence-electron chi connectivity index (χ4n) is 15.9. The van der Waals surface area contributed by atoms with Gasteiger partial charge in [-0.2, -0.15) is 0 Å². The summed E-state index contributed by atoms with van der Waals surface area (Å²) in [6.07, 6.45) is 0. The Morgan fingerprint density at radius 2 is 0.588 bits per heavy atom. The molecule has 102 heavy (non-hydrogen) atoms. The minimum atomic E-state index is 0.617. The molecule has 476 valence electrons. The zero-order valence-corrected chi connectivity index (χ0v) is 54.7. The summed E-state index contributed by atoms with van der Waals surface area (Å²) in [4.78, 5) is 21.6. The van der Waals surface area contributed by atoms with Crippen molar-refractivity contribution >= 4 is 131 Å². The van der Waals surface area contributed by atoms with E-state index in [4.69, 9.17) is 28.8 Å². The summed E-state index contributed by atoms with van der Waals surface area (Å²) in [6.45, 7) is 0. The first-order valence-corrected chi connectivity index (χ1v) is 34.4. The number of hydrogen-bond donors (Lipinski definition) is 0. The third kappa shape index (κ3) is 8.86. The van der Waals surface area contributed by atoms with Crippen molar-refractivity contribution in [1.29, 1.82) is 0 Å². The van der Waals surface area contributed by atoms with Crippen LogP contribution in [0.25, 0.3) is 199 Å². The first-order valence-electron chi connectivity index (χ1n) is 34.4. The topological polar surface area (TPSA) is 97.6 Å². The van der Waals surface area contributed by atoms with Crippen molar-refractivity contribution in [2.75, 3.05) is 0 Å². The van der Waals surface area contributed by atoms with Crippen molar-refractivity contribution in [3.63, 3.8) is 0 Å². The highest BCUT2D eigenvalue weighted by Gasteiger charge is 2.26. The molecular weight excluding hydrogens is 1250 g/mol. The molecular formula is C92H56N8O2. The van der Waals surface area contributed by atoms with Crippen molar-refractivity contribution in [2.45, 2.75) is 0 Å². The monoisotopic (exact) mass is 1300 g/mol. The van der Waals surface area contributed by atoms with E-state index in [1.807, 2.05) is 48.5 Å². The van der Waals surface area contributed by atoms with Crippen LogP contribution >= 0.6 is 0 Å². The molecule has 8 aromatic heterocycles. The lowest BCUT2D eigenvalue weighted by atomic mass is 10.0. The van der Waals surface area contributed by atoms with Gasteiger partial charge in [-0.15, -0.1) is 0 Å². The number of para-hydroxylation sites is 8. The Morgan fingerprint density at radius 1 is 0.206 bits per heavy atom. The summed E-state index contributed by atoms with van der Waals surface area (Å²) in [5.41, 5.74) is 22.0. The zero-order valence-electron chi connectivity index (χ0n) is 54.7. The van der Waals surface area contributed by atoms with Crippen LogP contribution in [-0.4, -0.2) is 38.2 Å². The number of nitrogens with zero attached hydrogens (tertiary/aromatic N) is 8. The fourth-order valence-corrected chi connectivity index (χ4v) is 15.9. The Hall–Kier alpha value is -14.0. The lowest BCUT2D eigenvalue weighted by Crippen LogP contribution is -2.04. The molecule has 22 aromatic rings. The van der Waals surface area contributed by atoms with Gasteiger partial charge in [-0.05, 0) is 109 Å². The minimum Gasteiger partial charge on any atom is -0.456 e. The maximum atomic E-state index is 6.32. The molecule has 0 N–H and O–H groups in total. The summed E-state index contributed by atoms with van der Waals surface area (Å²) in [6, 6.07) is 119. The van der Waals surface area contributed by atoms with Gasteiger partial charge < -0.3 is 18.0 Å². The maximum Gasteiger partial charge on any atom is 0.235 e. The molecule has 0 fully saturated rings. The second kappa shape index (κ2) is 22.8. The molecule has 0 atom stereocenters. The molecule has 8 heterocycles. The van der Waals surface area contributed by atoms with E-state index >= 15 is 0 Å². The van der Waals surface area contributed by atoms with Crippen molar-refractivity contribution in [3.05, 3.63) is 340 Å². The molecule has 0 radical (unpaired) electrons. The summed E-state index contributed by atoms with van der Waals surface area (Å²) < 4.78 is 21.8. The standard InChI is InChI=1S/2C46H28N4O/c1-3-14-29(15-4-1)36-28-37(33-21-13-25-42-43(33)35-20-9-12-24-41(35)51-42)48-46(47-36)50-38-22-10-7-18-31(38)32-26-27-40-44(45(32)50)34-19-8-11-23-39(34)49(40)30-16-5-2-6-17-30;1-3-13-29(14-4-1)37-28-38(30-23-26-43-36(27-30)33-18-9-12-22-42(33)51-43)48-46(47-37)50-39-20-10-7-17-32(39)34-24-25-41-44(45(34)50)35-19-8-11-21-40(35)49(41)31-15-5-2-6-16-31/h2*1-28H. The Bertz CT molecular complexity index is 7120. The molecule has 0 aliphatic rings. The molecule has 14 aromatic carbocycles. The van der Waals surface area contributed by atoms with Crippen LogP contribution in [0.5, 0.6) is 0 Å². The van der Waals surface area contributed by atoms with E-state index < -0.39 is 0 Å². The predicted octanol–water partition coefficient (Wildman–Crippen LogP) is 23.8. The lowest BCUT2D eigenvalue weighted by Gasteiger charge is -2.13. The maximum absolute atomic E-state index is 6.32. The number of rotatable bonds is 8. The van der Waals surface area contributed by atoms with Gasteiger partial charge in [0.1, 0.15) is 22.3 Å². The van der Waals surface area contributed by atoms with E-state index in [2.05, 4.69) is 309 Å². The van der Waals surface area contributed by atoms with Gasteiger partial charge >= 0.3 is 0 Å². The summed E-state index contributed by atoms with van der Waals surface area (Å²) >= 11 is 0. The number of fused-ring (bicyclic) bond motifs is 20. The van der Waals surface area contributed by atoms with Gasteiger partial charge in [0.2, 0.25) is 11.9 Å². The molecule has 0 bridgehead atoms. The van der Waals surface area contributed by atoms with Crippen LogP contribution in [0.2, 0.25) is 0 Å². The van der Waals surface area contributed by atoms with Gasteiger partial charge in [0.25, 0.3) is 0 Å². The van der Waals surface area contributed by atoms with Crippen LogP contribution in [-0.2, 0) is 0 Å². The molecule has 0 aliphatic heterocycles. The summed E-state index contributed by atoms with van der Waals surface area (Å²) in [5, 5.41) is 13.6. The van der Waals surface area contributed by atoms with E-state index in [0.717, 1.165) is 166 Å². The van der Waals surface area contributed by atoms with E-state index in [-0.39, 0.29) is 0 Å². The molecule has 10 nitrogen and oxygen atoms in total. The van der Waals surface area contributed by atoms with Gasteiger partial charge in [-0.3, -0.25) is 9.13 Å². The third-order valence-corrected chi connectivity index (χ3v) is 20.3. The molecule has 0 unspecified atom stereocenters. The van der Waals surface area contributed by atoms with E-state index in [9.17, 15) is 0 Å². The van der Waals surface area contributed by atoms with Gasteiger partial charge in [0.15, 0.2) is 0 Å². The molecule has 0 saturated heterocycles. The molecule has 0 saturated carbocycles. The minimum absolute atomic E-state index is 0.617. The first kappa shape index (κ1) is 57.1. The largest absolute Gasteiger partial charge is 0.456 e. The van der Waals surface area contributed by atoms with Crippen molar-refractivity contribution < 1.29 is 8.83 Å². The normalized spacial score (nSPS) is 11.9. The van der Waals surface area contributed by atoms with Gasteiger partial charge in [0, 0.05) is 98.3 Å². The molecule has 22 rings (SSSR count). The van der Waals surface area contributed by atoms with E-state index in [1.165, 1.54) is 21.5 Å². The first-order chi connectivity index (χ1) is 50.6. The fraction of sp³-hybridized carbons (Fsp3) is 0. The number of furan rings is 2. The van der Waals surface area contributed by atoms with Gasteiger partial charge in [-0.1, -0.05) is 231 Å². The number of aromatic nitrogens is 8. The average Bonchev–Trinajstić information content (AvgIpc) is 1.55. The SMILES string of the molecule is c1ccc(-c2cc(-c3ccc4oc5ccccc5c4c3)nc(-n3c4ccccc4c4ccc5c(c6ccccc6n5-c5ccccc5)c43)n2)cc1.c1ccc(-c2cc(-c3cccc4oc5ccccc5c34)nc(-n3c4ccccc4c4ccc5c(c6ccccc6n5-c5ccccc5)c43)n2)cc1. The Balaban J connectivity index is 0.000000133. The van der Waals surface area contributed by atoms with Crippen LogP contribution in [0.4, 0.5) is 0 Å². The molecule has 0 aliphatic carbocycles. The van der Waals surface area contributed by atoms with Crippen LogP contribution in [0.15, 0.2) is 349 Å². The smallest absolute Gasteiger partial charge is 0.235 e. The van der Waals surface area contributed by atoms with Crippen LogP contribution in [0.1, 0.15) is 0 Å². The highest BCUT2D eigenvalue weighted by molar-refractivity contribution is 6.28. The van der Waals surface area contributed by atoms with Crippen molar-refractivity contribution in [3.8, 4) is 68.3 Å². The second-order valence-corrected chi connectivity index (χ2v) is 26.0. The van der Waals surface area contributed by atoms with Crippen LogP contribution in [0.3, 0.4) is 0 Å². The van der Waals surface area contributed by atoms with Crippen LogP contribution < -0.4 is 0 Å². The average molecular weight is 1310 g/mol. The molecule has 0 amide bonds. The van der Waals surface area contributed by atoms with Crippen molar-refractivity contribution in [2.24, 2.45) is 0 Å². The summed E-state index contributed by atoms with van der Waals surface area (Å²) in [7, 11) is 0. The summed E-state index contributed by atoms with van der Waals surface area (Å²) in [5.74, 6) is 1.24. The second-order valence-electron chi connectivity index (χ2n) is 26.0. The number of benzene rings is 14. The molecule has 10 heteroatoms. The Kier molecular flexibility index (Phi) is 12.8. The predicted molar refractivity (Wildman–Crippen MR) is 418 cm³/mol. The van der Waals surface area contributed by atoms with Gasteiger partial charge in [-0.25, -0.2) is 19.9 Å². The highest BCUT2D eigenvalue weighted by Crippen LogP contribution is 2.46. The quantitative estimate of drug-likeness (QED) is 0.150. The lowest BCUT2D eigenvalue weighted by molar-refractivity contribution is 0.668. The van der Waals surface area contributed by atoms with Crippen molar-refractivity contribution in [1.82, 2.24) is 38.2 Å². The van der Waals surface area contributed by atoms with Crippen LogP contribution in [0, 0.1) is 0 Å². The Morgan fingerprint density at radius 3 is 1.12 bits per heavy atom. The highest BCUT2D eigenvalue weighted by atomic mass is 16.3. The Labute approximate surface area is 582 Å². The third-order valence-electron chi connectivity index (χ3n) is 20.3. The zero-order chi connectivity index (χ0) is 66.9. The van der Waals surface area contributed by atoms with Gasteiger partial charge in [0.05, 0.1) is 66.9 Å². The molecule has 0 spiro atoms. The number of hydrogen-bond acceptors (Lipinski definition) is 6. The van der Waals surface area contributed by atoms with E-state index in [0.29, 0.717) is 11.9 Å². The van der Waals surface area contributed by atoms with E-state index in [1.54, 1.807) is 0 Å².